The quantitative estimate of drug-likeness (QED) is 0.725. The van der Waals surface area contributed by atoms with Crippen LogP contribution in [-0.2, 0) is 15.5 Å². The van der Waals surface area contributed by atoms with E-state index in [4.69, 9.17) is 9.47 Å². The van der Waals surface area contributed by atoms with E-state index in [1.54, 1.807) is 0 Å². The van der Waals surface area contributed by atoms with Crippen LogP contribution in [0.1, 0.15) is 37.5 Å². The third kappa shape index (κ3) is 3.10. The highest BCUT2D eigenvalue weighted by Gasteiger charge is 2.59. The van der Waals surface area contributed by atoms with Gasteiger partial charge in [0.05, 0.1) is 5.92 Å². The fourth-order valence-corrected chi connectivity index (χ4v) is 3.72. The Balaban J connectivity index is 1.75. The SMILES string of the molecule is CN1N=C(OC2c3cc(C(F)(F)C(F)(F)F)ccc3OC(C)(C)C2O)C2CC2C1=O. The molecule has 4 atom stereocenters. The number of amides is 1. The van der Waals surface area contributed by atoms with Crippen molar-refractivity contribution in [2.75, 3.05) is 7.05 Å². The van der Waals surface area contributed by atoms with Gasteiger partial charge in [0.2, 0.25) is 11.8 Å². The van der Waals surface area contributed by atoms with E-state index in [0.717, 1.165) is 11.1 Å². The van der Waals surface area contributed by atoms with E-state index in [0.29, 0.717) is 18.6 Å². The number of carbonyl (C=O) groups is 1. The first kappa shape index (κ1) is 20.8. The van der Waals surface area contributed by atoms with Crippen LogP contribution in [0, 0.1) is 11.8 Å². The number of aliphatic hydroxyl groups excluding tert-OH is 1. The minimum atomic E-state index is -5.79. The number of ether oxygens (including phenoxy) is 2. The molecule has 0 spiro atoms. The highest BCUT2D eigenvalue weighted by Crippen LogP contribution is 2.50. The van der Waals surface area contributed by atoms with Gasteiger partial charge in [-0.1, -0.05) is 0 Å². The van der Waals surface area contributed by atoms with Crippen LogP contribution in [0.5, 0.6) is 5.75 Å². The van der Waals surface area contributed by atoms with Crippen LogP contribution in [0.25, 0.3) is 0 Å². The van der Waals surface area contributed by atoms with E-state index in [9.17, 15) is 31.9 Å². The van der Waals surface area contributed by atoms with Crippen molar-refractivity contribution in [3.63, 3.8) is 0 Å². The Hall–Kier alpha value is -2.43. The van der Waals surface area contributed by atoms with Crippen molar-refractivity contribution in [3.8, 4) is 5.75 Å². The standard InChI is InChI=1S/C19H19F5N2O4/c1-17(2)14(27)13(29-15-9-7-10(9)16(28)26(3)25-15)11-6-8(4-5-12(11)30-17)18(20,21)19(22,23)24/h4-6,9-10,13-14,27H,7H2,1-3H3. The second-order valence-electron chi connectivity index (χ2n) is 8.26. The largest absolute Gasteiger partial charge is 0.485 e. The van der Waals surface area contributed by atoms with Gasteiger partial charge in [-0.25, -0.2) is 5.01 Å². The van der Waals surface area contributed by atoms with Crippen molar-refractivity contribution < 1.29 is 41.3 Å². The number of halogens is 5. The fourth-order valence-electron chi connectivity index (χ4n) is 3.72. The molecule has 4 rings (SSSR count). The molecule has 0 radical (unpaired) electrons. The minimum Gasteiger partial charge on any atom is -0.485 e. The average molecular weight is 434 g/mol. The number of aliphatic hydroxyl groups is 1. The molecule has 30 heavy (non-hydrogen) atoms. The average Bonchev–Trinajstić information content (AvgIpc) is 3.42. The zero-order chi connectivity index (χ0) is 22.2. The lowest BCUT2D eigenvalue weighted by Gasteiger charge is -2.42. The second kappa shape index (κ2) is 6.29. The number of fused-ring (bicyclic) bond motifs is 2. The monoisotopic (exact) mass is 434 g/mol. The van der Waals surface area contributed by atoms with Crippen LogP contribution in [0.4, 0.5) is 22.0 Å². The summed E-state index contributed by atoms with van der Waals surface area (Å²) in [7, 11) is 1.43. The number of rotatable bonds is 2. The summed E-state index contributed by atoms with van der Waals surface area (Å²) in [5.41, 5.74) is -2.66. The number of hydrogen-bond donors (Lipinski definition) is 1. The number of hydrazone groups is 1. The molecule has 1 fully saturated rings. The first-order valence-corrected chi connectivity index (χ1v) is 9.23. The molecule has 1 amide bonds. The third-order valence-electron chi connectivity index (χ3n) is 5.65. The summed E-state index contributed by atoms with van der Waals surface area (Å²) in [4.78, 5) is 11.9. The molecule has 11 heteroatoms. The van der Waals surface area contributed by atoms with E-state index < -0.39 is 35.5 Å². The van der Waals surface area contributed by atoms with E-state index in [-0.39, 0.29) is 35.0 Å². The Bertz CT molecular complexity index is 930. The smallest absolute Gasteiger partial charge is 0.458 e. The Kier molecular flexibility index (Phi) is 4.36. The molecule has 4 unspecified atom stereocenters. The lowest BCUT2D eigenvalue weighted by molar-refractivity contribution is -0.289. The molecule has 1 aliphatic carbocycles. The van der Waals surface area contributed by atoms with Gasteiger partial charge in [-0.3, -0.25) is 4.79 Å². The lowest BCUT2D eigenvalue weighted by atomic mass is 9.87. The molecule has 0 bridgehead atoms. The maximum atomic E-state index is 13.9. The van der Waals surface area contributed by atoms with E-state index in [2.05, 4.69) is 5.10 Å². The molecule has 0 aromatic heterocycles. The molecule has 1 aromatic rings. The van der Waals surface area contributed by atoms with Gasteiger partial charge in [0.15, 0.2) is 6.10 Å². The Morgan fingerprint density at radius 2 is 1.90 bits per heavy atom. The molecular formula is C19H19F5N2O4. The van der Waals surface area contributed by atoms with Gasteiger partial charge in [0, 0.05) is 24.1 Å². The van der Waals surface area contributed by atoms with Gasteiger partial charge in [0.1, 0.15) is 17.5 Å². The molecule has 2 aliphatic heterocycles. The summed E-state index contributed by atoms with van der Waals surface area (Å²) in [6.07, 6.45) is -8.01. The molecule has 1 aromatic carbocycles. The van der Waals surface area contributed by atoms with Gasteiger partial charge in [-0.05, 0) is 38.5 Å². The van der Waals surface area contributed by atoms with Gasteiger partial charge in [-0.15, -0.1) is 5.10 Å². The normalized spacial score (nSPS) is 30.1. The van der Waals surface area contributed by atoms with Crippen LogP contribution in [0.2, 0.25) is 0 Å². The van der Waals surface area contributed by atoms with Crippen LogP contribution < -0.4 is 4.74 Å². The van der Waals surface area contributed by atoms with Crippen molar-refractivity contribution in [1.29, 1.82) is 0 Å². The third-order valence-corrected chi connectivity index (χ3v) is 5.65. The predicted octanol–water partition coefficient (Wildman–Crippen LogP) is 3.35. The molecule has 0 saturated heterocycles. The number of carbonyl (C=O) groups excluding carboxylic acids is 1. The second-order valence-corrected chi connectivity index (χ2v) is 8.26. The Labute approximate surface area is 168 Å². The van der Waals surface area contributed by atoms with Crippen LogP contribution in [-0.4, -0.2) is 46.8 Å². The summed E-state index contributed by atoms with van der Waals surface area (Å²) in [6, 6.07) is 2.28. The van der Waals surface area contributed by atoms with E-state index in [1.807, 2.05) is 0 Å². The Morgan fingerprint density at radius 3 is 2.53 bits per heavy atom. The zero-order valence-electron chi connectivity index (χ0n) is 16.2. The first-order valence-electron chi connectivity index (χ1n) is 9.23. The van der Waals surface area contributed by atoms with Crippen molar-refractivity contribution in [2.45, 2.75) is 50.2 Å². The zero-order valence-corrected chi connectivity index (χ0v) is 16.2. The first-order chi connectivity index (χ1) is 13.7. The number of hydrogen-bond acceptors (Lipinski definition) is 5. The van der Waals surface area contributed by atoms with Gasteiger partial charge in [-0.2, -0.15) is 22.0 Å². The highest BCUT2D eigenvalue weighted by atomic mass is 19.4. The van der Waals surface area contributed by atoms with E-state index >= 15 is 0 Å². The molecule has 1 N–H and O–H groups in total. The van der Waals surface area contributed by atoms with Crippen molar-refractivity contribution in [3.05, 3.63) is 29.3 Å². The highest BCUT2D eigenvalue weighted by molar-refractivity contribution is 5.96. The van der Waals surface area contributed by atoms with Gasteiger partial charge in [0.25, 0.3) is 0 Å². The van der Waals surface area contributed by atoms with Gasteiger partial charge >= 0.3 is 12.1 Å². The fraction of sp³-hybridized carbons (Fsp3) is 0.579. The molecule has 164 valence electrons. The Morgan fingerprint density at radius 1 is 1.23 bits per heavy atom. The van der Waals surface area contributed by atoms with E-state index in [1.165, 1.54) is 20.9 Å². The predicted molar refractivity (Wildman–Crippen MR) is 92.7 cm³/mol. The van der Waals surface area contributed by atoms with Gasteiger partial charge < -0.3 is 14.6 Å². The van der Waals surface area contributed by atoms with Crippen LogP contribution in [0.3, 0.4) is 0 Å². The van der Waals surface area contributed by atoms with Crippen molar-refractivity contribution in [2.24, 2.45) is 16.9 Å². The molecule has 6 nitrogen and oxygen atoms in total. The minimum absolute atomic E-state index is 0.0187. The molecule has 1 saturated carbocycles. The molecule has 2 heterocycles. The maximum Gasteiger partial charge on any atom is 0.458 e. The summed E-state index contributed by atoms with van der Waals surface area (Å²) in [5, 5.41) is 15.9. The summed E-state index contributed by atoms with van der Waals surface area (Å²) in [5.74, 6) is -5.76. The summed E-state index contributed by atoms with van der Waals surface area (Å²) >= 11 is 0. The molecular weight excluding hydrogens is 415 g/mol. The maximum absolute atomic E-state index is 13.9. The number of alkyl halides is 5. The number of benzene rings is 1. The van der Waals surface area contributed by atoms with Crippen molar-refractivity contribution >= 4 is 11.8 Å². The van der Waals surface area contributed by atoms with Crippen LogP contribution >= 0.6 is 0 Å². The topological polar surface area (TPSA) is 71.4 Å². The van der Waals surface area contributed by atoms with Crippen LogP contribution in [0.15, 0.2) is 23.3 Å². The summed E-state index contributed by atoms with van der Waals surface area (Å²) < 4.78 is 77.8. The summed E-state index contributed by atoms with van der Waals surface area (Å²) in [6.45, 7) is 3.07. The molecule has 3 aliphatic rings. The lowest BCUT2D eigenvalue weighted by Crippen LogP contribution is -2.50. The number of nitrogens with zero attached hydrogens (tertiary/aromatic N) is 2. The van der Waals surface area contributed by atoms with Crippen molar-refractivity contribution in [1.82, 2.24) is 5.01 Å².